The lowest BCUT2D eigenvalue weighted by Crippen LogP contribution is -2.26. The predicted molar refractivity (Wildman–Crippen MR) is 119 cm³/mol. The van der Waals surface area contributed by atoms with Gasteiger partial charge in [-0.1, -0.05) is 47.5 Å². The number of amides is 2. The van der Waals surface area contributed by atoms with Gasteiger partial charge in [-0.15, -0.1) is 0 Å². The number of anilines is 2. The van der Waals surface area contributed by atoms with Crippen LogP contribution in [0, 0.1) is 0 Å². The molecule has 0 aliphatic heterocycles. The van der Waals surface area contributed by atoms with Gasteiger partial charge >= 0.3 is 0 Å². The third-order valence-corrected chi connectivity index (χ3v) is 4.49. The summed E-state index contributed by atoms with van der Waals surface area (Å²) in [6.07, 6.45) is 4.21. The molecule has 0 saturated carbocycles. The summed E-state index contributed by atoms with van der Waals surface area (Å²) in [5, 5.41) is 10.2. The zero-order valence-electron chi connectivity index (χ0n) is 15.6. The summed E-state index contributed by atoms with van der Waals surface area (Å²) in [5.41, 5.74) is 4.62. The average Bonchev–Trinajstić information content (AvgIpc) is 2.75. The average molecular weight is 442 g/mol. The van der Waals surface area contributed by atoms with E-state index in [1.54, 1.807) is 36.4 Å². The highest BCUT2D eigenvalue weighted by molar-refractivity contribution is 6.38. The fourth-order valence-electron chi connectivity index (χ4n) is 2.43. The van der Waals surface area contributed by atoms with Gasteiger partial charge in [-0.25, -0.2) is 5.43 Å². The van der Waals surface area contributed by atoms with Crippen LogP contribution in [-0.2, 0) is 4.79 Å². The maximum absolute atomic E-state index is 12.4. The van der Waals surface area contributed by atoms with Gasteiger partial charge in [-0.2, -0.15) is 5.10 Å². The molecule has 3 N–H and O–H groups in total. The first-order valence-corrected chi connectivity index (χ1v) is 9.60. The van der Waals surface area contributed by atoms with E-state index in [4.69, 9.17) is 23.2 Å². The number of pyridine rings is 1. The highest BCUT2D eigenvalue weighted by Crippen LogP contribution is 2.20. The molecule has 3 aromatic rings. The molecule has 0 unspecified atom stereocenters. The first-order chi connectivity index (χ1) is 14.5. The topological polar surface area (TPSA) is 95.5 Å². The maximum Gasteiger partial charge on any atom is 0.259 e. The standard InChI is InChI=1S/C21H17Cl2N5O2/c22-18-11-24-12-19(23)17(18)10-26-28-20(29)13-25-16-8-4-5-14(9-16)21(30)27-15-6-2-1-3-7-15/h1-12,25H,13H2,(H,27,30)(H,28,29)/b26-10+. The molecule has 7 nitrogen and oxygen atoms in total. The Morgan fingerprint density at radius 2 is 1.67 bits per heavy atom. The number of carbonyl (C=O) groups is 2. The van der Waals surface area contributed by atoms with Crippen molar-refractivity contribution in [2.75, 3.05) is 17.2 Å². The van der Waals surface area contributed by atoms with Crippen LogP contribution in [0.25, 0.3) is 0 Å². The van der Waals surface area contributed by atoms with E-state index in [2.05, 4.69) is 26.1 Å². The molecule has 0 fully saturated rings. The van der Waals surface area contributed by atoms with E-state index in [1.165, 1.54) is 18.6 Å². The molecule has 9 heteroatoms. The summed E-state index contributed by atoms with van der Waals surface area (Å²) in [6, 6.07) is 16.0. The summed E-state index contributed by atoms with van der Waals surface area (Å²) in [6.45, 7) is -0.0428. The summed E-state index contributed by atoms with van der Waals surface area (Å²) in [7, 11) is 0. The van der Waals surface area contributed by atoms with Crippen molar-refractivity contribution in [1.29, 1.82) is 0 Å². The minimum Gasteiger partial charge on any atom is -0.376 e. The Bertz CT molecular complexity index is 1050. The number of para-hydroxylation sites is 1. The number of nitrogens with zero attached hydrogens (tertiary/aromatic N) is 2. The number of aromatic nitrogens is 1. The van der Waals surface area contributed by atoms with Crippen LogP contribution >= 0.6 is 23.2 Å². The van der Waals surface area contributed by atoms with Crippen molar-refractivity contribution in [2.45, 2.75) is 0 Å². The minimum atomic E-state index is -0.383. The third-order valence-electron chi connectivity index (χ3n) is 3.88. The first kappa shape index (κ1) is 21.3. The Hall–Kier alpha value is -3.42. The summed E-state index contributed by atoms with van der Waals surface area (Å²) >= 11 is 12.0. The van der Waals surface area contributed by atoms with Gasteiger partial charge in [0.05, 0.1) is 22.8 Å². The predicted octanol–water partition coefficient (Wildman–Crippen LogP) is 4.20. The normalized spacial score (nSPS) is 10.6. The summed E-state index contributed by atoms with van der Waals surface area (Å²) < 4.78 is 0. The van der Waals surface area contributed by atoms with Crippen LogP contribution in [0.3, 0.4) is 0 Å². The Labute approximate surface area is 183 Å². The van der Waals surface area contributed by atoms with E-state index in [9.17, 15) is 9.59 Å². The van der Waals surface area contributed by atoms with Crippen LogP contribution in [-0.4, -0.2) is 29.6 Å². The van der Waals surface area contributed by atoms with Gasteiger partial charge in [0.15, 0.2) is 0 Å². The van der Waals surface area contributed by atoms with Crippen molar-refractivity contribution < 1.29 is 9.59 Å². The number of nitrogens with one attached hydrogen (secondary N) is 3. The van der Waals surface area contributed by atoms with Crippen molar-refractivity contribution in [2.24, 2.45) is 5.10 Å². The van der Waals surface area contributed by atoms with Gasteiger partial charge in [0.2, 0.25) is 0 Å². The van der Waals surface area contributed by atoms with Crippen LogP contribution in [0.2, 0.25) is 10.0 Å². The van der Waals surface area contributed by atoms with Crippen molar-refractivity contribution in [3.05, 3.63) is 88.2 Å². The van der Waals surface area contributed by atoms with Gasteiger partial charge < -0.3 is 10.6 Å². The molecule has 0 atom stereocenters. The molecule has 0 radical (unpaired) electrons. The molecule has 0 saturated heterocycles. The lowest BCUT2D eigenvalue weighted by molar-refractivity contribution is -0.119. The molecule has 3 rings (SSSR count). The van der Waals surface area contributed by atoms with E-state index >= 15 is 0 Å². The molecule has 1 heterocycles. The van der Waals surface area contributed by atoms with Gasteiger partial charge in [0.1, 0.15) is 0 Å². The molecule has 0 aliphatic rings. The SMILES string of the molecule is O=C(CNc1cccc(C(=O)Nc2ccccc2)c1)N/N=C/c1c(Cl)cncc1Cl. The van der Waals surface area contributed by atoms with Gasteiger partial charge in [-0.3, -0.25) is 14.6 Å². The number of carbonyl (C=O) groups excluding carboxylic acids is 2. The largest absolute Gasteiger partial charge is 0.376 e. The van der Waals surface area contributed by atoms with Crippen molar-refractivity contribution >= 4 is 52.6 Å². The number of rotatable bonds is 7. The van der Waals surface area contributed by atoms with Crippen LogP contribution in [0.5, 0.6) is 0 Å². The number of benzene rings is 2. The third kappa shape index (κ3) is 6.04. The van der Waals surface area contributed by atoms with Gasteiger partial charge in [-0.05, 0) is 30.3 Å². The molecule has 2 aromatic carbocycles. The fraction of sp³-hybridized carbons (Fsp3) is 0.0476. The summed E-state index contributed by atoms with van der Waals surface area (Å²) in [4.78, 5) is 28.2. The smallest absolute Gasteiger partial charge is 0.259 e. The fourth-order valence-corrected chi connectivity index (χ4v) is 2.89. The second-order valence-corrected chi connectivity index (χ2v) is 6.88. The second-order valence-electron chi connectivity index (χ2n) is 6.06. The molecular weight excluding hydrogens is 425 g/mol. The van der Waals surface area contributed by atoms with Crippen molar-refractivity contribution in [3.8, 4) is 0 Å². The molecule has 0 spiro atoms. The molecule has 1 aromatic heterocycles. The van der Waals surface area contributed by atoms with Crippen LogP contribution in [0.4, 0.5) is 11.4 Å². The van der Waals surface area contributed by atoms with E-state index in [1.807, 2.05) is 18.2 Å². The molecular formula is C21H17Cl2N5O2. The van der Waals surface area contributed by atoms with E-state index in [0.717, 1.165) is 0 Å². The number of hydrazone groups is 1. The minimum absolute atomic E-state index is 0.0428. The number of hydrogen-bond acceptors (Lipinski definition) is 5. The Balaban J connectivity index is 1.53. The quantitative estimate of drug-likeness (QED) is 0.378. The van der Waals surface area contributed by atoms with E-state index < -0.39 is 0 Å². The molecule has 152 valence electrons. The van der Waals surface area contributed by atoms with E-state index in [-0.39, 0.29) is 18.4 Å². The first-order valence-electron chi connectivity index (χ1n) is 8.84. The van der Waals surface area contributed by atoms with Crippen molar-refractivity contribution in [1.82, 2.24) is 10.4 Å². The Morgan fingerprint density at radius 1 is 0.967 bits per heavy atom. The molecule has 2 amide bonds. The highest BCUT2D eigenvalue weighted by atomic mass is 35.5. The zero-order chi connectivity index (χ0) is 21.3. The van der Waals surface area contributed by atoms with E-state index in [0.29, 0.717) is 32.5 Å². The Morgan fingerprint density at radius 3 is 2.40 bits per heavy atom. The van der Waals surface area contributed by atoms with Crippen LogP contribution in [0.1, 0.15) is 15.9 Å². The Kier molecular flexibility index (Phi) is 7.37. The lowest BCUT2D eigenvalue weighted by atomic mass is 10.2. The van der Waals surface area contributed by atoms with Crippen LogP contribution < -0.4 is 16.1 Å². The second kappa shape index (κ2) is 10.4. The van der Waals surface area contributed by atoms with Gasteiger partial charge in [0, 0.05) is 34.9 Å². The molecule has 30 heavy (non-hydrogen) atoms. The highest BCUT2D eigenvalue weighted by Gasteiger charge is 2.08. The maximum atomic E-state index is 12.4. The number of hydrogen-bond donors (Lipinski definition) is 3. The lowest BCUT2D eigenvalue weighted by Gasteiger charge is -2.08. The molecule has 0 aliphatic carbocycles. The van der Waals surface area contributed by atoms with Gasteiger partial charge in [0.25, 0.3) is 11.8 Å². The van der Waals surface area contributed by atoms with Crippen LogP contribution in [0.15, 0.2) is 72.1 Å². The number of halogens is 2. The monoisotopic (exact) mass is 441 g/mol. The van der Waals surface area contributed by atoms with Crippen molar-refractivity contribution in [3.63, 3.8) is 0 Å². The zero-order valence-corrected chi connectivity index (χ0v) is 17.1. The molecule has 0 bridgehead atoms. The summed E-state index contributed by atoms with van der Waals surface area (Å²) in [5.74, 6) is -0.628.